The summed E-state index contributed by atoms with van der Waals surface area (Å²) in [6.45, 7) is 0.515. The molecule has 19 heavy (non-hydrogen) atoms. The minimum absolute atomic E-state index is 0.208. The Morgan fingerprint density at radius 3 is 2.63 bits per heavy atom. The SMILES string of the molecule is Cn1cc(OCc2ccc(F)cc2)c(=O)cc1CN. The van der Waals surface area contributed by atoms with Crippen LogP contribution in [0.2, 0.25) is 0 Å². The highest BCUT2D eigenvalue weighted by Crippen LogP contribution is 2.09. The van der Waals surface area contributed by atoms with E-state index in [9.17, 15) is 9.18 Å². The van der Waals surface area contributed by atoms with E-state index in [1.54, 1.807) is 29.9 Å². The number of benzene rings is 1. The highest BCUT2D eigenvalue weighted by molar-refractivity contribution is 5.23. The Morgan fingerprint density at radius 1 is 1.32 bits per heavy atom. The molecule has 1 heterocycles. The summed E-state index contributed by atoms with van der Waals surface area (Å²) < 4.78 is 19.9. The van der Waals surface area contributed by atoms with E-state index in [0.717, 1.165) is 11.3 Å². The van der Waals surface area contributed by atoms with Crippen molar-refractivity contribution in [2.75, 3.05) is 0 Å². The number of nitrogens with zero attached hydrogens (tertiary/aromatic N) is 1. The van der Waals surface area contributed by atoms with Crippen LogP contribution in [-0.4, -0.2) is 4.57 Å². The van der Waals surface area contributed by atoms with Gasteiger partial charge in [-0.3, -0.25) is 4.79 Å². The van der Waals surface area contributed by atoms with Crippen molar-refractivity contribution in [2.45, 2.75) is 13.2 Å². The molecule has 4 nitrogen and oxygen atoms in total. The predicted molar refractivity (Wildman–Crippen MR) is 70.3 cm³/mol. The Morgan fingerprint density at radius 2 is 2.00 bits per heavy atom. The molecule has 0 amide bonds. The second kappa shape index (κ2) is 5.67. The molecule has 0 aliphatic heterocycles. The van der Waals surface area contributed by atoms with Gasteiger partial charge in [0.25, 0.3) is 0 Å². The second-order valence-electron chi connectivity index (χ2n) is 4.22. The third-order valence-electron chi connectivity index (χ3n) is 2.82. The van der Waals surface area contributed by atoms with Crippen LogP contribution in [0, 0.1) is 5.82 Å². The van der Waals surface area contributed by atoms with E-state index in [1.807, 2.05) is 0 Å². The first-order valence-corrected chi connectivity index (χ1v) is 5.87. The standard InChI is InChI=1S/C14H15FN2O2/c1-17-8-14(13(18)6-12(17)7-16)19-9-10-2-4-11(15)5-3-10/h2-6,8H,7,9,16H2,1H3. The summed E-state index contributed by atoms with van der Waals surface area (Å²) in [4.78, 5) is 11.8. The summed E-state index contributed by atoms with van der Waals surface area (Å²) >= 11 is 0. The monoisotopic (exact) mass is 262 g/mol. The number of nitrogens with two attached hydrogens (primary N) is 1. The van der Waals surface area contributed by atoms with Gasteiger partial charge in [0.05, 0.1) is 6.20 Å². The average Bonchev–Trinajstić information content (AvgIpc) is 2.41. The molecule has 0 fully saturated rings. The molecule has 1 aromatic carbocycles. The lowest BCUT2D eigenvalue weighted by Crippen LogP contribution is -2.15. The summed E-state index contributed by atoms with van der Waals surface area (Å²) in [5.74, 6) is -0.0454. The molecule has 5 heteroatoms. The number of hydrogen-bond acceptors (Lipinski definition) is 3. The summed E-state index contributed by atoms with van der Waals surface area (Å²) in [6, 6.07) is 7.41. The van der Waals surface area contributed by atoms with E-state index in [2.05, 4.69) is 0 Å². The van der Waals surface area contributed by atoms with Crippen molar-refractivity contribution >= 4 is 0 Å². The van der Waals surface area contributed by atoms with Gasteiger partial charge in [-0.25, -0.2) is 4.39 Å². The van der Waals surface area contributed by atoms with Crippen LogP contribution in [-0.2, 0) is 20.2 Å². The van der Waals surface area contributed by atoms with Crippen LogP contribution in [0.1, 0.15) is 11.3 Å². The van der Waals surface area contributed by atoms with E-state index < -0.39 is 0 Å². The predicted octanol–water partition coefficient (Wildman–Crippen LogP) is 1.56. The molecule has 2 aromatic rings. The van der Waals surface area contributed by atoms with Crippen molar-refractivity contribution in [3.63, 3.8) is 0 Å². The van der Waals surface area contributed by atoms with E-state index in [4.69, 9.17) is 10.5 Å². The summed E-state index contributed by atoms with van der Waals surface area (Å²) in [5, 5.41) is 0. The van der Waals surface area contributed by atoms with E-state index in [0.29, 0.717) is 6.54 Å². The third kappa shape index (κ3) is 3.20. The Bertz CT molecular complexity index is 620. The van der Waals surface area contributed by atoms with Crippen LogP contribution < -0.4 is 15.9 Å². The average molecular weight is 262 g/mol. The Labute approximate surface area is 110 Å². The lowest BCUT2D eigenvalue weighted by atomic mass is 10.2. The van der Waals surface area contributed by atoms with Gasteiger partial charge >= 0.3 is 0 Å². The molecule has 0 aliphatic rings. The fraction of sp³-hybridized carbons (Fsp3) is 0.214. The van der Waals surface area contributed by atoms with Crippen molar-refractivity contribution in [2.24, 2.45) is 12.8 Å². The number of pyridine rings is 1. The number of rotatable bonds is 4. The molecule has 0 saturated carbocycles. The number of ether oxygens (including phenoxy) is 1. The lowest BCUT2D eigenvalue weighted by Gasteiger charge is -2.10. The molecule has 0 saturated heterocycles. The summed E-state index contributed by atoms with van der Waals surface area (Å²) in [5.41, 5.74) is 6.84. The van der Waals surface area contributed by atoms with Gasteiger partial charge in [0.2, 0.25) is 5.43 Å². The third-order valence-corrected chi connectivity index (χ3v) is 2.82. The fourth-order valence-corrected chi connectivity index (χ4v) is 1.70. The second-order valence-corrected chi connectivity index (χ2v) is 4.22. The van der Waals surface area contributed by atoms with Crippen LogP contribution in [0.3, 0.4) is 0 Å². The molecule has 2 rings (SSSR count). The molecule has 0 aliphatic carbocycles. The maximum absolute atomic E-state index is 12.7. The molecule has 2 N–H and O–H groups in total. The summed E-state index contributed by atoms with van der Waals surface area (Å²) in [7, 11) is 1.80. The molecular formula is C14H15FN2O2. The first-order chi connectivity index (χ1) is 9.10. The Kier molecular flexibility index (Phi) is 3.97. The molecular weight excluding hydrogens is 247 g/mol. The van der Waals surface area contributed by atoms with Crippen LogP contribution in [0.15, 0.2) is 41.3 Å². The van der Waals surface area contributed by atoms with Gasteiger partial charge < -0.3 is 15.0 Å². The van der Waals surface area contributed by atoms with Crippen molar-refractivity contribution in [1.29, 1.82) is 0 Å². The van der Waals surface area contributed by atoms with Crippen molar-refractivity contribution in [1.82, 2.24) is 4.57 Å². The molecule has 0 atom stereocenters. The van der Waals surface area contributed by atoms with E-state index in [1.165, 1.54) is 18.2 Å². The summed E-state index contributed by atoms with van der Waals surface area (Å²) in [6.07, 6.45) is 1.61. The zero-order chi connectivity index (χ0) is 13.8. The number of aromatic nitrogens is 1. The van der Waals surface area contributed by atoms with E-state index >= 15 is 0 Å². The molecule has 100 valence electrons. The maximum Gasteiger partial charge on any atom is 0.223 e. The smallest absolute Gasteiger partial charge is 0.223 e. The molecule has 1 aromatic heterocycles. The van der Waals surface area contributed by atoms with Crippen LogP contribution >= 0.6 is 0 Å². The van der Waals surface area contributed by atoms with Crippen LogP contribution in [0.4, 0.5) is 4.39 Å². The van der Waals surface area contributed by atoms with Gasteiger partial charge in [0.1, 0.15) is 12.4 Å². The molecule has 0 spiro atoms. The number of hydrogen-bond donors (Lipinski definition) is 1. The molecule has 0 bridgehead atoms. The molecule has 0 unspecified atom stereocenters. The van der Waals surface area contributed by atoms with Gasteiger partial charge in [0, 0.05) is 25.4 Å². The highest BCUT2D eigenvalue weighted by Gasteiger charge is 2.05. The lowest BCUT2D eigenvalue weighted by molar-refractivity contribution is 0.300. The topological polar surface area (TPSA) is 57.2 Å². The minimum Gasteiger partial charge on any atom is -0.483 e. The van der Waals surface area contributed by atoms with Gasteiger partial charge in [-0.2, -0.15) is 0 Å². The van der Waals surface area contributed by atoms with Crippen molar-refractivity contribution in [3.8, 4) is 5.75 Å². The number of halogens is 1. The maximum atomic E-state index is 12.7. The number of aryl methyl sites for hydroxylation is 1. The largest absolute Gasteiger partial charge is 0.483 e. The van der Waals surface area contributed by atoms with Crippen LogP contribution in [0.5, 0.6) is 5.75 Å². The normalized spacial score (nSPS) is 10.5. The van der Waals surface area contributed by atoms with Gasteiger partial charge in [0.15, 0.2) is 5.75 Å². The zero-order valence-electron chi connectivity index (χ0n) is 10.6. The molecule has 0 radical (unpaired) electrons. The van der Waals surface area contributed by atoms with Gasteiger partial charge in [-0.1, -0.05) is 12.1 Å². The van der Waals surface area contributed by atoms with Crippen LogP contribution in [0.25, 0.3) is 0 Å². The van der Waals surface area contributed by atoms with Crippen molar-refractivity contribution in [3.05, 3.63) is 63.8 Å². The Balaban J connectivity index is 2.13. The minimum atomic E-state index is -0.299. The van der Waals surface area contributed by atoms with Crippen molar-refractivity contribution < 1.29 is 9.13 Å². The first-order valence-electron chi connectivity index (χ1n) is 5.87. The Hall–Kier alpha value is -2.14. The van der Waals surface area contributed by atoms with Gasteiger partial charge in [-0.15, -0.1) is 0 Å². The quantitative estimate of drug-likeness (QED) is 0.909. The van der Waals surface area contributed by atoms with E-state index in [-0.39, 0.29) is 23.6 Å². The van der Waals surface area contributed by atoms with Gasteiger partial charge in [-0.05, 0) is 17.7 Å². The first kappa shape index (κ1) is 13.3. The highest BCUT2D eigenvalue weighted by atomic mass is 19.1. The zero-order valence-corrected chi connectivity index (χ0v) is 10.6. The fourth-order valence-electron chi connectivity index (χ4n) is 1.70.